The molecule has 0 unspecified atom stereocenters. The van der Waals surface area contributed by atoms with E-state index < -0.39 is 0 Å². The fourth-order valence-corrected chi connectivity index (χ4v) is 2.21. The van der Waals surface area contributed by atoms with E-state index in [0.29, 0.717) is 0 Å². The van der Waals surface area contributed by atoms with Crippen molar-refractivity contribution in [2.75, 3.05) is 13.6 Å². The van der Waals surface area contributed by atoms with Gasteiger partial charge in [0.2, 0.25) is 0 Å². The number of hydrogen-bond donors (Lipinski definition) is 1. The third-order valence-corrected chi connectivity index (χ3v) is 3.33. The van der Waals surface area contributed by atoms with Gasteiger partial charge in [-0.3, -0.25) is 0 Å². The summed E-state index contributed by atoms with van der Waals surface area (Å²) in [6, 6.07) is 8.16. The molecule has 3 rings (SSSR count). The lowest BCUT2D eigenvalue weighted by molar-refractivity contribution is 0.756. The van der Waals surface area contributed by atoms with E-state index in [1.807, 2.05) is 37.3 Å². The highest BCUT2D eigenvalue weighted by Crippen LogP contribution is 2.21. The van der Waals surface area contributed by atoms with Crippen LogP contribution in [0, 0.1) is 0 Å². The average Bonchev–Trinajstić information content (AvgIpc) is 2.86. The average molecular weight is 267 g/mol. The van der Waals surface area contributed by atoms with Crippen LogP contribution in [0.4, 0.5) is 0 Å². The normalized spacial score (nSPS) is 11.1. The predicted molar refractivity (Wildman–Crippen MR) is 79.4 cm³/mol. The second kappa shape index (κ2) is 5.38. The maximum absolute atomic E-state index is 4.61. The number of nitrogens with one attached hydrogen (secondary N) is 1. The zero-order valence-electron chi connectivity index (χ0n) is 11.7. The van der Waals surface area contributed by atoms with Crippen molar-refractivity contribution in [2.24, 2.45) is 7.05 Å². The molecular weight excluding hydrogens is 250 g/mol. The van der Waals surface area contributed by atoms with Gasteiger partial charge in [-0.15, -0.1) is 0 Å². The minimum atomic E-state index is 0.830. The summed E-state index contributed by atoms with van der Waals surface area (Å²) in [5.74, 6) is 0.859. The second-order valence-electron chi connectivity index (χ2n) is 4.77. The van der Waals surface area contributed by atoms with Crippen molar-refractivity contribution < 1.29 is 0 Å². The van der Waals surface area contributed by atoms with Crippen LogP contribution in [0.2, 0.25) is 0 Å². The summed E-state index contributed by atoms with van der Waals surface area (Å²) < 4.78 is 2.01. The van der Waals surface area contributed by atoms with E-state index in [4.69, 9.17) is 0 Å². The van der Waals surface area contributed by atoms with Gasteiger partial charge in [-0.1, -0.05) is 6.07 Å². The smallest absolute Gasteiger partial charge is 0.130 e. The van der Waals surface area contributed by atoms with Gasteiger partial charge in [-0.05, 0) is 25.2 Å². The van der Waals surface area contributed by atoms with Gasteiger partial charge < -0.3 is 9.88 Å². The Hall–Kier alpha value is -2.27. The van der Waals surface area contributed by atoms with Crippen LogP contribution >= 0.6 is 0 Å². The molecule has 2 heterocycles. The molecule has 3 aromatic rings. The minimum absolute atomic E-state index is 0.830. The van der Waals surface area contributed by atoms with Crippen LogP contribution in [0.5, 0.6) is 0 Å². The first kappa shape index (κ1) is 12.7. The molecule has 102 valence electrons. The number of imidazole rings is 1. The van der Waals surface area contributed by atoms with Gasteiger partial charge in [-0.25, -0.2) is 15.0 Å². The quantitative estimate of drug-likeness (QED) is 0.783. The lowest BCUT2D eigenvalue weighted by Crippen LogP contribution is -2.12. The molecule has 0 aliphatic heterocycles. The Morgan fingerprint density at radius 3 is 2.95 bits per heavy atom. The Bertz CT molecular complexity index is 732. The van der Waals surface area contributed by atoms with E-state index in [0.717, 1.165) is 41.1 Å². The minimum Gasteiger partial charge on any atom is -0.334 e. The molecule has 0 saturated heterocycles. The van der Waals surface area contributed by atoms with Crippen molar-refractivity contribution in [1.82, 2.24) is 24.8 Å². The first-order valence-electron chi connectivity index (χ1n) is 6.66. The van der Waals surface area contributed by atoms with Crippen LogP contribution in [0.15, 0.2) is 36.8 Å². The van der Waals surface area contributed by atoms with Crippen molar-refractivity contribution >= 4 is 11.0 Å². The number of likely N-dealkylation sites (N-methyl/N-ethyl adjacent to an activating group) is 1. The maximum atomic E-state index is 4.61. The monoisotopic (exact) mass is 267 g/mol. The number of hydrogen-bond acceptors (Lipinski definition) is 4. The van der Waals surface area contributed by atoms with E-state index in [-0.39, 0.29) is 0 Å². The number of rotatable bonds is 4. The summed E-state index contributed by atoms with van der Waals surface area (Å²) in [4.78, 5) is 13.3. The highest BCUT2D eigenvalue weighted by atomic mass is 15.0. The molecule has 1 N–H and O–H groups in total. The van der Waals surface area contributed by atoms with Crippen molar-refractivity contribution in [3.05, 3.63) is 42.6 Å². The first-order valence-corrected chi connectivity index (χ1v) is 6.66. The molecule has 1 aromatic carbocycles. The molecule has 0 aliphatic rings. The Morgan fingerprint density at radius 2 is 2.10 bits per heavy atom. The number of fused-ring (bicyclic) bond motifs is 1. The van der Waals surface area contributed by atoms with Gasteiger partial charge in [0.05, 0.1) is 23.1 Å². The Balaban J connectivity index is 1.97. The van der Waals surface area contributed by atoms with Crippen molar-refractivity contribution in [3.63, 3.8) is 0 Å². The zero-order valence-corrected chi connectivity index (χ0v) is 11.7. The molecule has 20 heavy (non-hydrogen) atoms. The molecule has 0 bridgehead atoms. The largest absolute Gasteiger partial charge is 0.334 e. The van der Waals surface area contributed by atoms with Crippen LogP contribution in [0.25, 0.3) is 22.3 Å². The van der Waals surface area contributed by atoms with Gasteiger partial charge >= 0.3 is 0 Å². The third kappa shape index (κ3) is 2.40. The third-order valence-electron chi connectivity index (χ3n) is 3.33. The van der Waals surface area contributed by atoms with Crippen LogP contribution in [0.1, 0.15) is 5.82 Å². The number of aromatic nitrogens is 4. The fourth-order valence-electron chi connectivity index (χ4n) is 2.21. The van der Waals surface area contributed by atoms with Gasteiger partial charge in [-0.2, -0.15) is 0 Å². The molecule has 0 amide bonds. The molecule has 0 spiro atoms. The summed E-state index contributed by atoms with van der Waals surface area (Å²) in [5.41, 5.74) is 4.13. The van der Waals surface area contributed by atoms with Crippen molar-refractivity contribution in [2.45, 2.75) is 6.42 Å². The van der Waals surface area contributed by atoms with E-state index in [1.165, 1.54) is 0 Å². The summed E-state index contributed by atoms with van der Waals surface area (Å²) in [7, 11) is 3.93. The van der Waals surface area contributed by atoms with Gasteiger partial charge in [0.1, 0.15) is 5.82 Å². The lowest BCUT2D eigenvalue weighted by atomic mass is 10.1. The highest BCUT2D eigenvalue weighted by Gasteiger charge is 2.05. The predicted octanol–water partition coefficient (Wildman–Crippen LogP) is 1.79. The standard InChI is InChI=1S/C15H17N5/c1-16-7-6-15-17-8-5-12(19-15)11-3-4-14-13(9-11)18-10-20(14)2/h3-5,8-10,16H,6-7H2,1-2H3. The molecule has 0 saturated carbocycles. The molecular formula is C15H17N5. The SMILES string of the molecule is CNCCc1nccc(-c2ccc3c(c2)ncn3C)n1. The Kier molecular flexibility index (Phi) is 3.43. The first-order chi connectivity index (χ1) is 9.78. The number of nitrogens with zero attached hydrogens (tertiary/aromatic N) is 4. The second-order valence-corrected chi connectivity index (χ2v) is 4.77. The zero-order chi connectivity index (χ0) is 13.9. The van der Waals surface area contributed by atoms with Crippen LogP contribution in [-0.4, -0.2) is 33.1 Å². The molecule has 0 aliphatic carbocycles. The summed E-state index contributed by atoms with van der Waals surface area (Å²) in [6.07, 6.45) is 4.47. The van der Waals surface area contributed by atoms with Crippen LogP contribution < -0.4 is 5.32 Å². The highest BCUT2D eigenvalue weighted by molar-refractivity contribution is 5.81. The molecule has 0 radical (unpaired) electrons. The molecule has 5 heteroatoms. The summed E-state index contributed by atoms with van der Waals surface area (Å²) >= 11 is 0. The van der Waals surface area contributed by atoms with Gasteiger partial charge in [0, 0.05) is 31.8 Å². The molecule has 2 aromatic heterocycles. The van der Waals surface area contributed by atoms with E-state index in [1.54, 1.807) is 0 Å². The number of benzene rings is 1. The lowest BCUT2D eigenvalue weighted by Gasteiger charge is -2.04. The molecule has 0 atom stereocenters. The van der Waals surface area contributed by atoms with Crippen LogP contribution in [-0.2, 0) is 13.5 Å². The molecule has 0 fully saturated rings. The Morgan fingerprint density at radius 1 is 1.20 bits per heavy atom. The van der Waals surface area contributed by atoms with E-state index >= 15 is 0 Å². The summed E-state index contributed by atoms with van der Waals surface area (Å²) in [5, 5.41) is 3.11. The van der Waals surface area contributed by atoms with E-state index in [2.05, 4.69) is 38.5 Å². The fraction of sp³-hybridized carbons (Fsp3) is 0.267. The van der Waals surface area contributed by atoms with Gasteiger partial charge in [0.15, 0.2) is 0 Å². The van der Waals surface area contributed by atoms with Crippen molar-refractivity contribution in [3.8, 4) is 11.3 Å². The van der Waals surface area contributed by atoms with Gasteiger partial charge in [0.25, 0.3) is 0 Å². The maximum Gasteiger partial charge on any atom is 0.130 e. The Labute approximate surface area is 117 Å². The van der Waals surface area contributed by atoms with E-state index in [9.17, 15) is 0 Å². The molecule has 5 nitrogen and oxygen atoms in total. The number of aryl methyl sites for hydroxylation is 1. The van der Waals surface area contributed by atoms with Crippen molar-refractivity contribution in [1.29, 1.82) is 0 Å². The van der Waals surface area contributed by atoms with Crippen LogP contribution in [0.3, 0.4) is 0 Å². The summed E-state index contributed by atoms with van der Waals surface area (Å²) in [6.45, 7) is 0.878. The topological polar surface area (TPSA) is 55.6 Å².